The van der Waals surface area contributed by atoms with Crippen molar-refractivity contribution in [2.75, 3.05) is 6.54 Å². The summed E-state index contributed by atoms with van der Waals surface area (Å²) in [4.78, 5) is 27.2. The Morgan fingerprint density at radius 2 is 1.80 bits per heavy atom. The van der Waals surface area contributed by atoms with Crippen LogP contribution in [0.15, 0.2) is 67.1 Å². The van der Waals surface area contributed by atoms with Crippen molar-refractivity contribution < 1.29 is 4.79 Å². The highest BCUT2D eigenvalue weighted by atomic mass is 16.2. The van der Waals surface area contributed by atoms with Gasteiger partial charge in [0.1, 0.15) is 11.5 Å². The summed E-state index contributed by atoms with van der Waals surface area (Å²) in [6, 6.07) is 15.7. The Balaban J connectivity index is 1.79. The lowest BCUT2D eigenvalue weighted by atomic mass is 10.1. The number of rotatable bonds is 6. The van der Waals surface area contributed by atoms with E-state index in [2.05, 4.69) is 27.1 Å². The SMILES string of the molecule is Cc1nccc(C(=O)N(CCc2ccccc2)Cc2cccnc2)n1. The first-order chi connectivity index (χ1) is 12.2. The molecule has 0 atom stereocenters. The molecular weight excluding hydrogens is 312 g/mol. The second-order valence-corrected chi connectivity index (χ2v) is 5.81. The molecule has 0 saturated heterocycles. The van der Waals surface area contributed by atoms with Crippen molar-refractivity contribution in [3.8, 4) is 0 Å². The fourth-order valence-corrected chi connectivity index (χ4v) is 2.61. The Hall–Kier alpha value is -3.08. The third kappa shape index (κ3) is 4.70. The average molecular weight is 332 g/mol. The first-order valence-electron chi connectivity index (χ1n) is 8.24. The molecule has 0 aliphatic heterocycles. The average Bonchev–Trinajstić information content (AvgIpc) is 2.66. The molecule has 0 bridgehead atoms. The highest BCUT2D eigenvalue weighted by molar-refractivity contribution is 5.92. The maximum atomic E-state index is 12.9. The van der Waals surface area contributed by atoms with Crippen molar-refractivity contribution in [3.05, 3.63) is 89.8 Å². The van der Waals surface area contributed by atoms with Crippen molar-refractivity contribution in [1.29, 1.82) is 0 Å². The number of aryl methyl sites for hydroxylation is 1. The number of aromatic nitrogens is 3. The summed E-state index contributed by atoms with van der Waals surface area (Å²) >= 11 is 0. The quantitative estimate of drug-likeness (QED) is 0.696. The Bertz CT molecular complexity index is 821. The van der Waals surface area contributed by atoms with Crippen LogP contribution in [-0.2, 0) is 13.0 Å². The smallest absolute Gasteiger partial charge is 0.272 e. The predicted molar refractivity (Wildman–Crippen MR) is 95.9 cm³/mol. The van der Waals surface area contributed by atoms with E-state index < -0.39 is 0 Å². The fraction of sp³-hybridized carbons (Fsp3) is 0.200. The molecule has 3 aromatic rings. The van der Waals surface area contributed by atoms with Gasteiger partial charge in [-0.3, -0.25) is 9.78 Å². The molecule has 0 unspecified atom stereocenters. The van der Waals surface area contributed by atoms with E-state index >= 15 is 0 Å². The van der Waals surface area contributed by atoms with Gasteiger partial charge in [-0.05, 0) is 36.6 Å². The zero-order valence-electron chi connectivity index (χ0n) is 14.2. The zero-order valence-corrected chi connectivity index (χ0v) is 14.2. The molecule has 25 heavy (non-hydrogen) atoms. The third-order valence-corrected chi connectivity index (χ3v) is 3.89. The minimum Gasteiger partial charge on any atom is -0.333 e. The van der Waals surface area contributed by atoms with Crippen molar-refractivity contribution in [3.63, 3.8) is 0 Å². The van der Waals surface area contributed by atoms with Crippen LogP contribution in [0.4, 0.5) is 0 Å². The summed E-state index contributed by atoms with van der Waals surface area (Å²) < 4.78 is 0. The molecule has 0 radical (unpaired) electrons. The lowest BCUT2D eigenvalue weighted by Gasteiger charge is -2.22. The van der Waals surface area contributed by atoms with Gasteiger partial charge in [0.25, 0.3) is 5.91 Å². The second-order valence-electron chi connectivity index (χ2n) is 5.81. The van der Waals surface area contributed by atoms with Gasteiger partial charge in [-0.15, -0.1) is 0 Å². The van der Waals surface area contributed by atoms with E-state index in [1.807, 2.05) is 35.2 Å². The number of amides is 1. The molecular formula is C20H20N4O. The Kier molecular flexibility index (Phi) is 5.46. The van der Waals surface area contributed by atoms with E-state index in [9.17, 15) is 4.79 Å². The summed E-state index contributed by atoms with van der Waals surface area (Å²) in [6.07, 6.45) is 5.92. The number of hydrogen-bond donors (Lipinski definition) is 0. The minimum absolute atomic E-state index is 0.0923. The molecule has 1 amide bonds. The Morgan fingerprint density at radius 1 is 1.00 bits per heavy atom. The van der Waals surface area contributed by atoms with Gasteiger partial charge in [0.05, 0.1) is 0 Å². The zero-order chi connectivity index (χ0) is 17.5. The molecule has 0 saturated carbocycles. The van der Waals surface area contributed by atoms with Gasteiger partial charge in [0.15, 0.2) is 0 Å². The molecule has 0 aliphatic rings. The Morgan fingerprint density at radius 3 is 2.52 bits per heavy atom. The van der Waals surface area contributed by atoms with Crippen LogP contribution < -0.4 is 0 Å². The van der Waals surface area contributed by atoms with Gasteiger partial charge in [-0.2, -0.15) is 0 Å². The number of hydrogen-bond acceptors (Lipinski definition) is 4. The van der Waals surface area contributed by atoms with E-state index in [1.165, 1.54) is 5.56 Å². The van der Waals surface area contributed by atoms with Crippen LogP contribution in [0.3, 0.4) is 0 Å². The van der Waals surface area contributed by atoms with Gasteiger partial charge in [-0.25, -0.2) is 9.97 Å². The van der Waals surface area contributed by atoms with Crippen LogP contribution in [0.2, 0.25) is 0 Å². The molecule has 2 aromatic heterocycles. The van der Waals surface area contributed by atoms with Crippen molar-refractivity contribution in [1.82, 2.24) is 19.9 Å². The topological polar surface area (TPSA) is 59.0 Å². The molecule has 0 aliphatic carbocycles. The monoisotopic (exact) mass is 332 g/mol. The maximum Gasteiger partial charge on any atom is 0.272 e. The normalized spacial score (nSPS) is 10.4. The highest BCUT2D eigenvalue weighted by Gasteiger charge is 2.18. The van der Waals surface area contributed by atoms with Gasteiger partial charge in [0, 0.05) is 31.7 Å². The van der Waals surface area contributed by atoms with E-state index in [1.54, 1.807) is 31.6 Å². The summed E-state index contributed by atoms with van der Waals surface area (Å²) in [5, 5.41) is 0. The molecule has 3 rings (SSSR count). The van der Waals surface area contributed by atoms with Crippen LogP contribution in [0.5, 0.6) is 0 Å². The molecule has 5 heteroatoms. The minimum atomic E-state index is -0.0923. The van der Waals surface area contributed by atoms with Gasteiger partial charge >= 0.3 is 0 Å². The molecule has 0 fully saturated rings. The molecule has 0 spiro atoms. The van der Waals surface area contributed by atoms with Gasteiger partial charge in [-0.1, -0.05) is 36.4 Å². The largest absolute Gasteiger partial charge is 0.333 e. The van der Waals surface area contributed by atoms with E-state index in [4.69, 9.17) is 0 Å². The summed E-state index contributed by atoms with van der Waals surface area (Å²) in [7, 11) is 0. The van der Waals surface area contributed by atoms with Crippen LogP contribution in [0.1, 0.15) is 27.4 Å². The van der Waals surface area contributed by atoms with Crippen molar-refractivity contribution >= 4 is 5.91 Å². The van der Waals surface area contributed by atoms with E-state index in [-0.39, 0.29) is 5.91 Å². The molecule has 126 valence electrons. The summed E-state index contributed by atoms with van der Waals surface area (Å²) in [5.74, 6) is 0.500. The van der Waals surface area contributed by atoms with Crippen LogP contribution in [-0.4, -0.2) is 32.3 Å². The summed E-state index contributed by atoms with van der Waals surface area (Å²) in [5.41, 5.74) is 2.62. The molecule has 0 N–H and O–H groups in total. The Labute approximate surface area is 147 Å². The van der Waals surface area contributed by atoms with Gasteiger partial charge in [0.2, 0.25) is 0 Å². The number of pyridine rings is 1. The predicted octanol–water partition coefficient (Wildman–Crippen LogP) is 3.07. The van der Waals surface area contributed by atoms with Crippen molar-refractivity contribution in [2.24, 2.45) is 0 Å². The number of carbonyl (C=O) groups is 1. The maximum absolute atomic E-state index is 12.9. The van der Waals surface area contributed by atoms with Crippen LogP contribution >= 0.6 is 0 Å². The number of nitrogens with zero attached hydrogens (tertiary/aromatic N) is 4. The first-order valence-corrected chi connectivity index (χ1v) is 8.24. The third-order valence-electron chi connectivity index (χ3n) is 3.89. The lowest BCUT2D eigenvalue weighted by molar-refractivity contribution is 0.0738. The van der Waals surface area contributed by atoms with E-state index in [0.29, 0.717) is 24.6 Å². The molecule has 2 heterocycles. The van der Waals surface area contributed by atoms with Crippen LogP contribution in [0, 0.1) is 6.92 Å². The summed E-state index contributed by atoms with van der Waals surface area (Å²) in [6.45, 7) is 2.90. The fourth-order valence-electron chi connectivity index (χ4n) is 2.61. The number of carbonyl (C=O) groups excluding carboxylic acids is 1. The molecule has 5 nitrogen and oxygen atoms in total. The second kappa shape index (κ2) is 8.15. The standard InChI is InChI=1S/C20H20N4O/c1-16-22-12-9-19(23-16)20(25)24(15-18-8-5-11-21-14-18)13-10-17-6-3-2-4-7-17/h2-9,11-12,14H,10,13,15H2,1H3. The highest BCUT2D eigenvalue weighted by Crippen LogP contribution is 2.10. The molecule has 1 aromatic carbocycles. The number of benzene rings is 1. The van der Waals surface area contributed by atoms with E-state index in [0.717, 1.165) is 12.0 Å². The van der Waals surface area contributed by atoms with Crippen LogP contribution in [0.25, 0.3) is 0 Å². The van der Waals surface area contributed by atoms with Gasteiger partial charge < -0.3 is 4.90 Å². The lowest BCUT2D eigenvalue weighted by Crippen LogP contribution is -2.33. The van der Waals surface area contributed by atoms with Crippen molar-refractivity contribution in [2.45, 2.75) is 19.9 Å². The first kappa shape index (κ1) is 16.8.